The van der Waals surface area contributed by atoms with Crippen LogP contribution in [0.2, 0.25) is 0 Å². The van der Waals surface area contributed by atoms with E-state index in [2.05, 4.69) is 4.98 Å². The molecule has 0 aliphatic carbocycles. The summed E-state index contributed by atoms with van der Waals surface area (Å²) in [5.41, 5.74) is 3.25. The Morgan fingerprint density at radius 3 is 2.56 bits per heavy atom. The summed E-state index contributed by atoms with van der Waals surface area (Å²) in [5, 5.41) is 20.9. The number of carbonyl (C=O) groups excluding carboxylic acids is 2. The predicted molar refractivity (Wildman–Crippen MR) is 120 cm³/mol. The molecule has 1 atom stereocenters. The number of aliphatic hydroxyl groups is 1. The first-order valence-corrected chi connectivity index (χ1v) is 10.7. The Morgan fingerprint density at radius 2 is 1.88 bits per heavy atom. The molecule has 5 rings (SSSR count). The summed E-state index contributed by atoms with van der Waals surface area (Å²) in [6.45, 7) is 3.93. The molecule has 1 aliphatic rings. The highest BCUT2D eigenvalue weighted by molar-refractivity contribution is 7.22. The molecule has 160 valence electrons. The van der Waals surface area contributed by atoms with Gasteiger partial charge in [-0.1, -0.05) is 29.5 Å². The molecule has 0 radical (unpaired) electrons. The first-order chi connectivity index (χ1) is 15.3. The molecule has 1 aliphatic heterocycles. The van der Waals surface area contributed by atoms with Crippen molar-refractivity contribution in [2.75, 3.05) is 4.90 Å². The molecule has 1 amide bonds. The van der Waals surface area contributed by atoms with Crippen LogP contribution >= 0.6 is 11.3 Å². The minimum atomic E-state index is -0.928. The van der Waals surface area contributed by atoms with Crippen LogP contribution in [0, 0.1) is 13.8 Å². The van der Waals surface area contributed by atoms with Gasteiger partial charge in [0.05, 0.1) is 28.1 Å². The van der Waals surface area contributed by atoms with Crippen molar-refractivity contribution in [2.45, 2.75) is 19.9 Å². The average molecular weight is 446 g/mol. The third-order valence-corrected chi connectivity index (χ3v) is 6.43. The summed E-state index contributed by atoms with van der Waals surface area (Å²) in [4.78, 5) is 32.4. The van der Waals surface area contributed by atoms with Crippen LogP contribution in [0.3, 0.4) is 0 Å². The summed E-state index contributed by atoms with van der Waals surface area (Å²) in [5.74, 6) is -1.89. The number of hydrogen-bond acceptors (Lipinski definition) is 7. The van der Waals surface area contributed by atoms with E-state index in [1.165, 1.54) is 40.7 Å². The van der Waals surface area contributed by atoms with Crippen molar-refractivity contribution in [1.29, 1.82) is 0 Å². The molecule has 2 N–H and O–H groups in total. The number of aromatic nitrogens is 1. The molecule has 0 saturated heterocycles. The van der Waals surface area contributed by atoms with Gasteiger partial charge in [0, 0.05) is 0 Å². The second-order valence-electron chi connectivity index (χ2n) is 7.66. The van der Waals surface area contributed by atoms with Crippen molar-refractivity contribution in [3.8, 4) is 5.75 Å². The maximum Gasteiger partial charge on any atom is 0.296 e. The van der Waals surface area contributed by atoms with E-state index in [0.29, 0.717) is 10.7 Å². The van der Waals surface area contributed by atoms with Crippen LogP contribution in [0.15, 0.2) is 70.5 Å². The minimum absolute atomic E-state index is 0.0146. The van der Waals surface area contributed by atoms with Gasteiger partial charge < -0.3 is 14.6 Å². The summed E-state index contributed by atoms with van der Waals surface area (Å²) in [6, 6.07) is 12.3. The lowest BCUT2D eigenvalue weighted by atomic mass is 9.95. The lowest BCUT2D eigenvalue weighted by Gasteiger charge is -2.24. The monoisotopic (exact) mass is 446 g/mol. The number of anilines is 1. The Labute approximate surface area is 186 Å². The van der Waals surface area contributed by atoms with E-state index in [-0.39, 0.29) is 17.1 Å². The largest absolute Gasteiger partial charge is 0.508 e. The standard InChI is InChI=1S/C24H18N2O5S/c1-12-10-13(2)19-17(11-12)32-24(25-19)26-20(14-5-7-15(27)8-6-14)18(22(29)23(26)30)21(28)16-4-3-9-31-16/h3-11,20,27,29H,1-2H3. The van der Waals surface area contributed by atoms with Gasteiger partial charge in [0.25, 0.3) is 5.91 Å². The number of thiazole rings is 1. The van der Waals surface area contributed by atoms with Gasteiger partial charge in [-0.15, -0.1) is 0 Å². The lowest BCUT2D eigenvalue weighted by Crippen LogP contribution is -2.30. The molecule has 0 spiro atoms. The Hall–Kier alpha value is -3.91. The number of carbonyl (C=O) groups is 2. The summed E-state index contributed by atoms with van der Waals surface area (Å²) < 4.78 is 6.14. The van der Waals surface area contributed by atoms with Gasteiger partial charge in [-0.2, -0.15) is 0 Å². The zero-order valence-electron chi connectivity index (χ0n) is 17.2. The second kappa shape index (κ2) is 7.35. The number of benzene rings is 2. The number of phenols is 1. The number of ketones is 1. The van der Waals surface area contributed by atoms with E-state index >= 15 is 0 Å². The number of amides is 1. The molecule has 0 bridgehead atoms. The molecule has 1 unspecified atom stereocenters. The van der Waals surface area contributed by atoms with Gasteiger partial charge in [0.15, 0.2) is 16.7 Å². The highest BCUT2D eigenvalue weighted by atomic mass is 32.1. The van der Waals surface area contributed by atoms with Crippen LogP contribution in [0.5, 0.6) is 5.75 Å². The van der Waals surface area contributed by atoms with Crippen LogP contribution in [0.4, 0.5) is 5.13 Å². The van der Waals surface area contributed by atoms with E-state index in [4.69, 9.17) is 4.42 Å². The molecule has 0 saturated carbocycles. The average Bonchev–Trinajstić information content (AvgIpc) is 3.48. The molecule has 0 fully saturated rings. The molecule has 3 heterocycles. The molecule has 8 heteroatoms. The highest BCUT2D eigenvalue weighted by Gasteiger charge is 2.46. The van der Waals surface area contributed by atoms with Gasteiger partial charge in [-0.25, -0.2) is 4.98 Å². The number of aromatic hydroxyl groups is 1. The Bertz CT molecular complexity index is 1400. The van der Waals surface area contributed by atoms with Crippen molar-refractivity contribution < 1.29 is 24.2 Å². The third-order valence-electron chi connectivity index (χ3n) is 5.43. The van der Waals surface area contributed by atoms with Gasteiger partial charge in [0.2, 0.25) is 5.78 Å². The number of aliphatic hydroxyl groups excluding tert-OH is 1. The minimum Gasteiger partial charge on any atom is -0.508 e. The van der Waals surface area contributed by atoms with Crippen molar-refractivity contribution in [3.63, 3.8) is 0 Å². The Morgan fingerprint density at radius 1 is 1.12 bits per heavy atom. The molecule has 7 nitrogen and oxygen atoms in total. The van der Waals surface area contributed by atoms with Crippen LogP contribution in [-0.2, 0) is 4.79 Å². The number of furan rings is 1. The Kier molecular flexibility index (Phi) is 4.60. The Balaban J connectivity index is 1.70. The number of aryl methyl sites for hydroxylation is 2. The number of phenolic OH excluding ortho intramolecular Hbond substituents is 1. The number of hydrogen-bond donors (Lipinski definition) is 2. The van der Waals surface area contributed by atoms with Crippen molar-refractivity contribution in [1.82, 2.24) is 4.98 Å². The van der Waals surface area contributed by atoms with Crippen LogP contribution in [0.1, 0.15) is 33.3 Å². The first-order valence-electron chi connectivity index (χ1n) is 9.86. The lowest BCUT2D eigenvalue weighted by molar-refractivity contribution is -0.117. The molecule has 2 aromatic heterocycles. The van der Waals surface area contributed by atoms with E-state index in [1.807, 2.05) is 26.0 Å². The number of nitrogens with zero attached hydrogens (tertiary/aromatic N) is 2. The number of fused-ring (bicyclic) bond motifs is 1. The van der Waals surface area contributed by atoms with Crippen molar-refractivity contribution in [2.24, 2.45) is 0 Å². The fourth-order valence-electron chi connectivity index (χ4n) is 4.01. The predicted octanol–water partition coefficient (Wildman–Crippen LogP) is 4.99. The van der Waals surface area contributed by atoms with Crippen LogP contribution in [0.25, 0.3) is 10.2 Å². The molecular formula is C24H18N2O5S. The molecular weight excluding hydrogens is 428 g/mol. The quantitative estimate of drug-likeness (QED) is 0.428. The van der Waals surface area contributed by atoms with E-state index < -0.39 is 23.5 Å². The summed E-state index contributed by atoms with van der Waals surface area (Å²) in [7, 11) is 0. The SMILES string of the molecule is Cc1cc(C)c2nc(N3C(=O)C(O)=C(C(=O)c4ccco4)C3c3ccc(O)cc3)sc2c1. The normalized spacial score (nSPS) is 16.4. The van der Waals surface area contributed by atoms with Crippen molar-refractivity contribution >= 4 is 38.4 Å². The van der Waals surface area contributed by atoms with Gasteiger partial charge >= 0.3 is 0 Å². The third kappa shape index (κ3) is 3.07. The van der Waals surface area contributed by atoms with E-state index in [0.717, 1.165) is 21.3 Å². The van der Waals surface area contributed by atoms with Crippen LogP contribution < -0.4 is 4.90 Å². The van der Waals surface area contributed by atoms with Crippen LogP contribution in [-0.4, -0.2) is 26.9 Å². The first kappa shape index (κ1) is 20.0. The number of rotatable bonds is 4. The van der Waals surface area contributed by atoms with Gasteiger partial charge in [-0.3, -0.25) is 14.5 Å². The smallest absolute Gasteiger partial charge is 0.296 e. The van der Waals surface area contributed by atoms with Gasteiger partial charge in [-0.05, 0) is 60.9 Å². The zero-order chi connectivity index (χ0) is 22.6. The van der Waals surface area contributed by atoms with Gasteiger partial charge in [0.1, 0.15) is 5.75 Å². The highest BCUT2D eigenvalue weighted by Crippen LogP contribution is 2.44. The number of Topliss-reactive ketones (excluding diaryl/α,β-unsaturated/α-hetero) is 1. The van der Waals surface area contributed by atoms with E-state index in [1.54, 1.807) is 18.2 Å². The van der Waals surface area contributed by atoms with E-state index in [9.17, 15) is 19.8 Å². The molecule has 32 heavy (non-hydrogen) atoms. The topological polar surface area (TPSA) is 104 Å². The fraction of sp³-hybridized carbons (Fsp3) is 0.125. The summed E-state index contributed by atoms with van der Waals surface area (Å²) >= 11 is 1.31. The molecule has 4 aromatic rings. The second-order valence-corrected chi connectivity index (χ2v) is 8.67. The zero-order valence-corrected chi connectivity index (χ0v) is 18.0. The summed E-state index contributed by atoms with van der Waals surface area (Å²) in [6.07, 6.45) is 1.35. The molecule has 2 aromatic carbocycles. The maximum absolute atomic E-state index is 13.2. The maximum atomic E-state index is 13.2. The van der Waals surface area contributed by atoms with Crippen molar-refractivity contribution in [3.05, 3.63) is 88.6 Å². The fourth-order valence-corrected chi connectivity index (χ4v) is 5.18.